The SMILES string of the molecule is CCOC(=O)c1cc2c(=O)n3ccccc3nc2n(CCc2ccccc2)c1=NC(=O)c1ccc(OCC)cc1. The number of hydrogen-bond acceptors (Lipinski definition) is 6. The van der Waals surface area contributed by atoms with Crippen LogP contribution in [0.2, 0.25) is 0 Å². The summed E-state index contributed by atoms with van der Waals surface area (Å²) in [5, 5.41) is 0.215. The molecule has 0 N–H and O–H groups in total. The van der Waals surface area contributed by atoms with Gasteiger partial charge in [-0.15, -0.1) is 0 Å². The second kappa shape index (κ2) is 11.8. The smallest absolute Gasteiger partial charge is 0.341 e. The first kappa shape index (κ1) is 26.6. The van der Waals surface area contributed by atoms with E-state index in [2.05, 4.69) is 4.99 Å². The molecule has 0 aliphatic heterocycles. The number of amides is 1. The lowest BCUT2D eigenvalue weighted by atomic mass is 10.1. The maximum atomic E-state index is 13.5. The summed E-state index contributed by atoms with van der Waals surface area (Å²) in [6.07, 6.45) is 2.17. The molecule has 40 heavy (non-hydrogen) atoms. The Hall–Kier alpha value is -5.05. The van der Waals surface area contributed by atoms with Gasteiger partial charge in [-0.3, -0.25) is 14.0 Å². The van der Waals surface area contributed by atoms with Gasteiger partial charge in [0, 0.05) is 18.3 Å². The first-order valence-corrected chi connectivity index (χ1v) is 13.1. The van der Waals surface area contributed by atoms with E-state index >= 15 is 0 Å². The average molecular weight is 537 g/mol. The second-order valence-corrected chi connectivity index (χ2v) is 8.95. The molecule has 0 aliphatic rings. The number of fused-ring (bicyclic) bond motifs is 2. The number of ether oxygens (including phenoxy) is 2. The number of carbonyl (C=O) groups excluding carboxylic acids is 2. The molecule has 0 aliphatic carbocycles. The van der Waals surface area contributed by atoms with Gasteiger partial charge in [-0.2, -0.15) is 4.99 Å². The highest BCUT2D eigenvalue weighted by Crippen LogP contribution is 2.15. The molecule has 202 valence electrons. The van der Waals surface area contributed by atoms with Gasteiger partial charge in [-0.05, 0) is 68.3 Å². The third kappa shape index (κ3) is 5.40. The van der Waals surface area contributed by atoms with E-state index in [0.29, 0.717) is 42.2 Å². The van der Waals surface area contributed by atoms with E-state index in [9.17, 15) is 14.4 Å². The lowest BCUT2D eigenvalue weighted by molar-refractivity contribution is 0.0523. The molecule has 3 heterocycles. The van der Waals surface area contributed by atoms with Crippen LogP contribution in [-0.4, -0.2) is 39.0 Å². The summed E-state index contributed by atoms with van der Waals surface area (Å²) in [4.78, 5) is 49.3. The van der Waals surface area contributed by atoms with Crippen molar-refractivity contribution < 1.29 is 19.1 Å². The van der Waals surface area contributed by atoms with Crippen molar-refractivity contribution >= 4 is 28.6 Å². The number of pyridine rings is 2. The van der Waals surface area contributed by atoms with Crippen LogP contribution in [0.3, 0.4) is 0 Å². The third-order valence-corrected chi connectivity index (χ3v) is 6.37. The molecule has 5 aromatic rings. The zero-order valence-corrected chi connectivity index (χ0v) is 22.2. The van der Waals surface area contributed by atoms with Crippen LogP contribution in [0.4, 0.5) is 0 Å². The minimum Gasteiger partial charge on any atom is -0.494 e. The topological polar surface area (TPSA) is 104 Å². The molecule has 0 fully saturated rings. The van der Waals surface area contributed by atoms with Gasteiger partial charge in [-0.1, -0.05) is 36.4 Å². The average Bonchev–Trinajstić information content (AvgIpc) is 2.98. The van der Waals surface area contributed by atoms with Crippen molar-refractivity contribution in [3.05, 3.63) is 118 Å². The normalized spacial score (nSPS) is 11.6. The van der Waals surface area contributed by atoms with Crippen molar-refractivity contribution in [2.24, 2.45) is 4.99 Å². The number of esters is 1. The van der Waals surface area contributed by atoms with E-state index < -0.39 is 11.9 Å². The van der Waals surface area contributed by atoms with E-state index in [1.54, 1.807) is 60.2 Å². The van der Waals surface area contributed by atoms with Crippen LogP contribution in [0.1, 0.15) is 40.1 Å². The van der Waals surface area contributed by atoms with Gasteiger partial charge in [0.1, 0.15) is 22.6 Å². The van der Waals surface area contributed by atoms with Crippen LogP contribution in [0.5, 0.6) is 5.75 Å². The summed E-state index contributed by atoms with van der Waals surface area (Å²) in [5.41, 5.74) is 1.85. The first-order valence-electron chi connectivity index (χ1n) is 13.1. The molecule has 0 saturated heterocycles. The molecule has 1 amide bonds. The van der Waals surface area contributed by atoms with Crippen LogP contribution in [0.15, 0.2) is 94.8 Å². The van der Waals surface area contributed by atoms with Crippen LogP contribution in [0, 0.1) is 0 Å². The van der Waals surface area contributed by atoms with Crippen LogP contribution in [0.25, 0.3) is 16.7 Å². The summed E-state index contributed by atoms with van der Waals surface area (Å²) >= 11 is 0. The number of nitrogens with zero attached hydrogens (tertiary/aromatic N) is 4. The molecule has 3 aromatic heterocycles. The Morgan fingerprint density at radius 1 is 0.925 bits per heavy atom. The number of aromatic nitrogens is 3. The minimum atomic E-state index is -0.686. The van der Waals surface area contributed by atoms with Gasteiger partial charge in [0.15, 0.2) is 5.49 Å². The number of rotatable bonds is 8. The minimum absolute atomic E-state index is 0.0106. The molecule has 0 radical (unpaired) electrons. The molecule has 0 spiro atoms. The zero-order chi connectivity index (χ0) is 28.1. The molecule has 0 unspecified atom stereocenters. The van der Waals surface area contributed by atoms with Crippen LogP contribution < -0.4 is 15.8 Å². The second-order valence-electron chi connectivity index (χ2n) is 8.95. The monoisotopic (exact) mass is 536 g/mol. The quantitative estimate of drug-likeness (QED) is 0.217. The Kier molecular flexibility index (Phi) is 7.82. The molecular weight excluding hydrogens is 508 g/mol. The van der Waals surface area contributed by atoms with Crippen molar-refractivity contribution in [1.82, 2.24) is 14.0 Å². The standard InChI is InChI=1S/C31H28N4O5/c1-3-39-23-15-13-22(14-16-23)29(36)33-28-25(31(38)40-4-2)20-24-27(32-26-12-8-9-18-34(26)30(24)37)35(28)19-17-21-10-6-5-7-11-21/h5-16,18,20H,3-4,17,19H2,1-2H3. The van der Waals surface area contributed by atoms with Gasteiger partial charge >= 0.3 is 5.97 Å². The Morgan fingerprint density at radius 3 is 2.40 bits per heavy atom. The van der Waals surface area contributed by atoms with Crippen LogP contribution >= 0.6 is 0 Å². The summed E-state index contributed by atoms with van der Waals surface area (Å²) in [7, 11) is 0. The molecule has 9 heteroatoms. The highest BCUT2D eigenvalue weighted by atomic mass is 16.5. The van der Waals surface area contributed by atoms with Gasteiger partial charge in [0.2, 0.25) is 0 Å². The molecule has 0 saturated carbocycles. The molecule has 2 aromatic carbocycles. The zero-order valence-electron chi connectivity index (χ0n) is 22.2. The van der Waals surface area contributed by atoms with Crippen molar-refractivity contribution in [2.75, 3.05) is 13.2 Å². The summed E-state index contributed by atoms with van der Waals surface area (Å²) in [6, 6.07) is 23.1. The Bertz CT molecular complexity index is 1820. The highest BCUT2D eigenvalue weighted by molar-refractivity contribution is 5.97. The van der Waals surface area contributed by atoms with E-state index in [4.69, 9.17) is 14.5 Å². The predicted octanol–water partition coefficient (Wildman–Crippen LogP) is 4.21. The van der Waals surface area contributed by atoms with Crippen molar-refractivity contribution in [1.29, 1.82) is 0 Å². The van der Waals surface area contributed by atoms with Crippen LogP contribution in [-0.2, 0) is 17.7 Å². The molecule has 0 bridgehead atoms. The highest BCUT2D eigenvalue weighted by Gasteiger charge is 2.20. The lowest BCUT2D eigenvalue weighted by Gasteiger charge is -2.15. The third-order valence-electron chi connectivity index (χ3n) is 6.37. The number of aryl methyl sites for hydroxylation is 2. The Labute approximate surface area is 230 Å². The molecular formula is C31H28N4O5. The number of benzene rings is 2. The fourth-order valence-corrected chi connectivity index (χ4v) is 4.48. The van der Waals surface area contributed by atoms with Gasteiger partial charge in [0.05, 0.1) is 18.6 Å². The van der Waals surface area contributed by atoms with Gasteiger partial charge in [-0.25, -0.2) is 9.78 Å². The summed E-state index contributed by atoms with van der Waals surface area (Å²) < 4.78 is 13.9. The largest absolute Gasteiger partial charge is 0.494 e. The van der Waals surface area contributed by atoms with Crippen molar-refractivity contribution in [3.63, 3.8) is 0 Å². The maximum absolute atomic E-state index is 13.5. The maximum Gasteiger partial charge on any atom is 0.341 e. The molecule has 9 nitrogen and oxygen atoms in total. The molecule has 0 atom stereocenters. The van der Waals surface area contributed by atoms with Gasteiger partial charge in [0.25, 0.3) is 11.5 Å². The van der Waals surface area contributed by atoms with E-state index in [0.717, 1.165) is 5.56 Å². The fourth-order valence-electron chi connectivity index (χ4n) is 4.48. The Balaban J connectivity index is 1.78. The number of carbonyl (C=O) groups is 2. The van der Waals surface area contributed by atoms with Crippen molar-refractivity contribution in [3.8, 4) is 5.75 Å². The van der Waals surface area contributed by atoms with E-state index in [1.807, 2.05) is 37.3 Å². The van der Waals surface area contributed by atoms with Crippen molar-refractivity contribution in [2.45, 2.75) is 26.8 Å². The van der Waals surface area contributed by atoms with E-state index in [1.165, 1.54) is 10.5 Å². The first-order chi connectivity index (χ1) is 19.5. The van der Waals surface area contributed by atoms with E-state index in [-0.39, 0.29) is 28.6 Å². The predicted molar refractivity (Wildman–Crippen MR) is 151 cm³/mol. The Morgan fingerprint density at radius 2 is 1.68 bits per heavy atom. The number of hydrogen-bond donors (Lipinski definition) is 0. The fraction of sp³-hybridized carbons (Fsp3) is 0.194. The summed E-state index contributed by atoms with van der Waals surface area (Å²) in [6.45, 7) is 4.48. The lowest BCUT2D eigenvalue weighted by Crippen LogP contribution is -2.33. The molecule has 5 rings (SSSR count). The summed E-state index contributed by atoms with van der Waals surface area (Å²) in [5.74, 6) is -0.612. The van der Waals surface area contributed by atoms with Gasteiger partial charge < -0.3 is 14.0 Å².